The summed E-state index contributed by atoms with van der Waals surface area (Å²) in [4.78, 5) is 8.63. The lowest BCUT2D eigenvalue weighted by Gasteiger charge is -2.18. The Bertz CT molecular complexity index is 575. The van der Waals surface area contributed by atoms with E-state index in [1.807, 2.05) is 31.3 Å². The van der Waals surface area contributed by atoms with Crippen molar-refractivity contribution in [2.24, 2.45) is 0 Å². The van der Waals surface area contributed by atoms with Crippen molar-refractivity contribution in [3.63, 3.8) is 0 Å². The monoisotopic (exact) mass is 293 g/mol. The molecule has 0 saturated carbocycles. The van der Waals surface area contributed by atoms with Crippen LogP contribution in [0.3, 0.4) is 0 Å². The van der Waals surface area contributed by atoms with Crippen molar-refractivity contribution in [1.82, 2.24) is 15.3 Å². The minimum absolute atomic E-state index is 0.138. The number of hydrogen-bond donors (Lipinski definition) is 1. The van der Waals surface area contributed by atoms with Gasteiger partial charge in [-0.15, -0.1) is 0 Å². The molecule has 0 radical (unpaired) electrons. The van der Waals surface area contributed by atoms with Crippen LogP contribution < -0.4 is 14.8 Å². The van der Waals surface area contributed by atoms with Crippen molar-refractivity contribution in [2.75, 3.05) is 21.3 Å². The first-order valence-electron chi connectivity index (χ1n) is 6.07. The summed E-state index contributed by atoms with van der Waals surface area (Å²) in [6, 6.07) is 7.42. The molecule has 1 aromatic carbocycles. The smallest absolute Gasteiger partial charge is 0.240 e. The number of methoxy groups -OCH3 is 2. The first-order chi connectivity index (χ1) is 9.69. The van der Waals surface area contributed by atoms with Gasteiger partial charge in [-0.2, -0.15) is 4.98 Å². The third kappa shape index (κ3) is 3.00. The third-order valence-corrected chi connectivity index (χ3v) is 3.16. The van der Waals surface area contributed by atoms with Gasteiger partial charge in [0.25, 0.3) is 0 Å². The van der Waals surface area contributed by atoms with Gasteiger partial charge < -0.3 is 14.8 Å². The Hall–Kier alpha value is -1.85. The molecule has 0 fully saturated rings. The molecule has 1 aromatic heterocycles. The molecule has 0 bridgehead atoms. The summed E-state index contributed by atoms with van der Waals surface area (Å²) in [7, 11) is 4.95. The van der Waals surface area contributed by atoms with Gasteiger partial charge in [0.2, 0.25) is 11.8 Å². The van der Waals surface area contributed by atoms with Crippen molar-refractivity contribution in [3.05, 3.63) is 46.7 Å². The maximum atomic E-state index is 5.91. The number of nitrogens with zero attached hydrogens (tertiary/aromatic N) is 2. The maximum Gasteiger partial charge on any atom is 0.240 e. The average Bonchev–Trinajstić information content (AvgIpc) is 2.50. The van der Waals surface area contributed by atoms with E-state index in [4.69, 9.17) is 21.1 Å². The van der Waals surface area contributed by atoms with Gasteiger partial charge in [0.15, 0.2) is 0 Å². The summed E-state index contributed by atoms with van der Waals surface area (Å²) < 4.78 is 10.4. The number of rotatable bonds is 5. The molecule has 1 N–H and O–H groups in total. The highest BCUT2D eigenvalue weighted by molar-refractivity contribution is 6.30. The number of ether oxygens (including phenoxy) is 2. The number of benzene rings is 1. The Labute approximate surface area is 122 Å². The van der Waals surface area contributed by atoms with Gasteiger partial charge in [-0.1, -0.05) is 23.7 Å². The number of aromatic nitrogens is 2. The van der Waals surface area contributed by atoms with E-state index in [2.05, 4.69) is 15.3 Å². The Morgan fingerprint density at radius 1 is 1.15 bits per heavy atom. The molecule has 0 amide bonds. The zero-order valence-corrected chi connectivity index (χ0v) is 12.3. The van der Waals surface area contributed by atoms with E-state index >= 15 is 0 Å². The van der Waals surface area contributed by atoms with Gasteiger partial charge in [-0.05, 0) is 24.7 Å². The van der Waals surface area contributed by atoms with E-state index in [9.17, 15) is 0 Å². The Kier molecular flexibility index (Phi) is 4.76. The molecule has 0 aliphatic carbocycles. The molecule has 0 aliphatic rings. The summed E-state index contributed by atoms with van der Waals surface area (Å²) >= 11 is 5.91. The van der Waals surface area contributed by atoms with Crippen molar-refractivity contribution >= 4 is 11.6 Å². The zero-order valence-electron chi connectivity index (χ0n) is 11.6. The number of hydrogen-bond acceptors (Lipinski definition) is 5. The molecule has 1 unspecified atom stereocenters. The normalized spacial score (nSPS) is 12.0. The second kappa shape index (κ2) is 6.54. The highest BCUT2D eigenvalue weighted by atomic mass is 35.5. The fourth-order valence-corrected chi connectivity index (χ4v) is 2.06. The SMILES string of the molecule is CNC(c1ccc(Cl)cc1)c1ncc(OC)nc1OC. The van der Waals surface area contributed by atoms with Crippen LogP contribution in [0, 0.1) is 0 Å². The quantitative estimate of drug-likeness (QED) is 0.918. The van der Waals surface area contributed by atoms with E-state index in [1.165, 1.54) is 7.11 Å². The van der Waals surface area contributed by atoms with Gasteiger partial charge in [-0.3, -0.25) is 0 Å². The molecule has 0 aliphatic heterocycles. The molecular formula is C14H16ClN3O2. The summed E-state index contributed by atoms with van der Waals surface area (Å²) in [5.74, 6) is 0.843. The Balaban J connectivity index is 2.43. The van der Waals surface area contributed by atoms with E-state index in [1.54, 1.807) is 13.3 Å². The second-order valence-corrected chi connectivity index (χ2v) is 4.52. The van der Waals surface area contributed by atoms with Crippen LogP contribution in [0.4, 0.5) is 0 Å². The predicted octanol–water partition coefficient (Wildman–Crippen LogP) is 2.46. The average molecular weight is 294 g/mol. The number of halogens is 1. The standard InChI is InChI=1S/C14H16ClN3O2/c1-16-12(9-4-6-10(15)7-5-9)13-14(20-3)18-11(19-2)8-17-13/h4-8,12,16H,1-3H3. The molecule has 20 heavy (non-hydrogen) atoms. The summed E-state index contributed by atoms with van der Waals surface area (Å²) in [6.45, 7) is 0. The molecular weight excluding hydrogens is 278 g/mol. The molecule has 1 heterocycles. The lowest BCUT2D eigenvalue weighted by molar-refractivity contribution is 0.353. The van der Waals surface area contributed by atoms with Crippen LogP contribution in [0.2, 0.25) is 5.02 Å². The van der Waals surface area contributed by atoms with Crippen LogP contribution in [0.15, 0.2) is 30.5 Å². The molecule has 6 heteroatoms. The minimum Gasteiger partial charge on any atom is -0.480 e. The van der Waals surface area contributed by atoms with Crippen molar-refractivity contribution in [3.8, 4) is 11.8 Å². The maximum absolute atomic E-state index is 5.91. The van der Waals surface area contributed by atoms with Gasteiger partial charge in [0.1, 0.15) is 5.69 Å². The first kappa shape index (κ1) is 14.6. The van der Waals surface area contributed by atoms with Crippen molar-refractivity contribution < 1.29 is 9.47 Å². The van der Waals surface area contributed by atoms with Gasteiger partial charge in [0.05, 0.1) is 26.5 Å². The van der Waals surface area contributed by atoms with Crippen LogP contribution in [0.1, 0.15) is 17.3 Å². The zero-order chi connectivity index (χ0) is 14.5. The highest BCUT2D eigenvalue weighted by Crippen LogP contribution is 2.28. The van der Waals surface area contributed by atoms with Gasteiger partial charge in [-0.25, -0.2) is 4.98 Å². The van der Waals surface area contributed by atoms with Crippen LogP contribution in [0.25, 0.3) is 0 Å². The van der Waals surface area contributed by atoms with E-state index in [-0.39, 0.29) is 6.04 Å². The number of nitrogens with one attached hydrogen (secondary N) is 1. The topological polar surface area (TPSA) is 56.3 Å². The van der Waals surface area contributed by atoms with Crippen LogP contribution >= 0.6 is 11.6 Å². The predicted molar refractivity (Wildman–Crippen MR) is 77.5 cm³/mol. The molecule has 106 valence electrons. The molecule has 2 rings (SSSR count). The molecule has 2 aromatic rings. The largest absolute Gasteiger partial charge is 0.480 e. The van der Waals surface area contributed by atoms with Gasteiger partial charge >= 0.3 is 0 Å². The summed E-state index contributed by atoms with van der Waals surface area (Å²) in [5.41, 5.74) is 1.72. The second-order valence-electron chi connectivity index (χ2n) is 4.08. The van der Waals surface area contributed by atoms with Crippen molar-refractivity contribution in [2.45, 2.75) is 6.04 Å². The minimum atomic E-state index is -0.138. The summed E-state index contributed by atoms with van der Waals surface area (Å²) in [6.07, 6.45) is 1.57. The first-order valence-corrected chi connectivity index (χ1v) is 6.45. The van der Waals surface area contributed by atoms with E-state index in [0.717, 1.165) is 5.56 Å². The fraction of sp³-hybridized carbons (Fsp3) is 0.286. The molecule has 0 spiro atoms. The molecule has 5 nitrogen and oxygen atoms in total. The molecule has 1 atom stereocenters. The highest BCUT2D eigenvalue weighted by Gasteiger charge is 2.20. The molecule has 0 saturated heterocycles. The van der Waals surface area contributed by atoms with Crippen LogP contribution in [-0.4, -0.2) is 31.2 Å². The lowest BCUT2D eigenvalue weighted by atomic mass is 10.0. The van der Waals surface area contributed by atoms with Gasteiger partial charge in [0, 0.05) is 5.02 Å². The third-order valence-electron chi connectivity index (χ3n) is 2.91. The van der Waals surface area contributed by atoms with Crippen LogP contribution in [0.5, 0.6) is 11.8 Å². The van der Waals surface area contributed by atoms with E-state index in [0.29, 0.717) is 22.5 Å². The Morgan fingerprint density at radius 2 is 1.85 bits per heavy atom. The van der Waals surface area contributed by atoms with Crippen LogP contribution in [-0.2, 0) is 0 Å². The summed E-state index contributed by atoms with van der Waals surface area (Å²) in [5, 5.41) is 3.89. The fourth-order valence-electron chi connectivity index (χ4n) is 1.93. The van der Waals surface area contributed by atoms with E-state index < -0.39 is 0 Å². The Morgan fingerprint density at radius 3 is 2.40 bits per heavy atom. The lowest BCUT2D eigenvalue weighted by Crippen LogP contribution is -2.20. The van der Waals surface area contributed by atoms with Crippen molar-refractivity contribution in [1.29, 1.82) is 0 Å².